The van der Waals surface area contributed by atoms with E-state index in [-0.39, 0.29) is 24.5 Å². The summed E-state index contributed by atoms with van der Waals surface area (Å²) in [5, 5.41) is 2.97. The molecule has 6 heteroatoms. The third-order valence-electron chi connectivity index (χ3n) is 5.18. The Morgan fingerprint density at radius 1 is 1.14 bits per heavy atom. The molecule has 1 saturated carbocycles. The first-order valence-electron chi connectivity index (χ1n) is 10.4. The molecule has 1 fully saturated rings. The van der Waals surface area contributed by atoms with E-state index in [1.54, 1.807) is 4.90 Å². The Bertz CT molecular complexity index is 811. The second kappa shape index (κ2) is 9.63. The molecule has 2 aromatic rings. The van der Waals surface area contributed by atoms with Crippen molar-refractivity contribution in [3.05, 3.63) is 59.9 Å². The molecule has 0 unspecified atom stereocenters. The van der Waals surface area contributed by atoms with Crippen LogP contribution in [-0.2, 0) is 24.9 Å². The number of benzene rings is 1. The number of amides is 3. The number of rotatable bonds is 9. The van der Waals surface area contributed by atoms with Crippen molar-refractivity contribution in [2.24, 2.45) is 13.0 Å². The molecule has 0 saturated heterocycles. The van der Waals surface area contributed by atoms with Crippen LogP contribution >= 0.6 is 0 Å². The van der Waals surface area contributed by atoms with Gasteiger partial charge in [-0.2, -0.15) is 0 Å². The molecular weight excluding hydrogens is 364 g/mol. The summed E-state index contributed by atoms with van der Waals surface area (Å²) < 4.78 is 2.03. The van der Waals surface area contributed by atoms with Gasteiger partial charge in [-0.05, 0) is 36.5 Å². The van der Waals surface area contributed by atoms with Gasteiger partial charge in [-0.15, -0.1) is 0 Å². The molecule has 1 N–H and O–H groups in total. The molecule has 0 radical (unpaired) electrons. The van der Waals surface area contributed by atoms with Gasteiger partial charge >= 0.3 is 6.03 Å². The van der Waals surface area contributed by atoms with Crippen LogP contribution in [0.1, 0.15) is 37.9 Å². The summed E-state index contributed by atoms with van der Waals surface area (Å²) in [7, 11) is 1.99. The van der Waals surface area contributed by atoms with Crippen LogP contribution < -0.4 is 5.32 Å². The molecule has 3 rings (SSSR count). The van der Waals surface area contributed by atoms with Crippen molar-refractivity contribution in [2.45, 2.75) is 45.8 Å². The molecule has 29 heavy (non-hydrogen) atoms. The van der Waals surface area contributed by atoms with Gasteiger partial charge in [0, 0.05) is 38.1 Å². The number of urea groups is 1. The van der Waals surface area contributed by atoms with Gasteiger partial charge in [0.2, 0.25) is 5.91 Å². The Morgan fingerprint density at radius 3 is 2.45 bits per heavy atom. The first kappa shape index (κ1) is 21.0. The first-order chi connectivity index (χ1) is 13.9. The summed E-state index contributed by atoms with van der Waals surface area (Å²) in [6, 6.07) is 13.9. The lowest BCUT2D eigenvalue weighted by atomic mass is 10.2. The molecule has 6 nitrogen and oxygen atoms in total. The molecule has 0 atom stereocenters. The van der Waals surface area contributed by atoms with Crippen LogP contribution in [0.5, 0.6) is 0 Å². The normalized spacial score (nSPS) is 13.4. The standard InChI is InChI=1S/C23H32N4O2/c1-18(2)15-26(16-21-10-7-13-25(21)3)22(28)17-27(20-11-12-20)23(29)24-14-19-8-5-4-6-9-19/h4-10,13,18,20H,11-12,14-17H2,1-3H3,(H,24,29). The first-order valence-corrected chi connectivity index (χ1v) is 10.4. The molecule has 1 aliphatic rings. The van der Waals surface area contributed by atoms with Gasteiger partial charge in [0.1, 0.15) is 6.54 Å². The van der Waals surface area contributed by atoms with E-state index in [0.717, 1.165) is 24.1 Å². The molecule has 0 bridgehead atoms. The Hall–Kier alpha value is -2.76. The molecule has 1 aliphatic carbocycles. The number of aryl methyl sites for hydroxylation is 1. The fourth-order valence-corrected chi connectivity index (χ4v) is 3.43. The van der Waals surface area contributed by atoms with E-state index >= 15 is 0 Å². The van der Waals surface area contributed by atoms with Gasteiger partial charge in [0.15, 0.2) is 0 Å². The van der Waals surface area contributed by atoms with Crippen LogP contribution in [0.15, 0.2) is 48.7 Å². The second-order valence-corrected chi connectivity index (χ2v) is 8.28. The average molecular weight is 397 g/mol. The molecule has 156 valence electrons. The van der Waals surface area contributed by atoms with Crippen LogP contribution in [-0.4, -0.2) is 45.4 Å². The van der Waals surface area contributed by atoms with Gasteiger partial charge < -0.3 is 19.7 Å². The molecule has 1 aromatic carbocycles. The topological polar surface area (TPSA) is 57.6 Å². The Balaban J connectivity index is 1.63. The molecule has 1 heterocycles. The van der Waals surface area contributed by atoms with Crippen molar-refractivity contribution in [1.82, 2.24) is 19.7 Å². The summed E-state index contributed by atoms with van der Waals surface area (Å²) >= 11 is 0. The highest BCUT2D eigenvalue weighted by Crippen LogP contribution is 2.27. The number of hydrogen-bond donors (Lipinski definition) is 1. The number of carbonyl (C=O) groups excluding carboxylic acids is 2. The number of aromatic nitrogens is 1. The maximum Gasteiger partial charge on any atom is 0.318 e. The van der Waals surface area contributed by atoms with E-state index in [1.165, 1.54) is 0 Å². The van der Waals surface area contributed by atoms with Gasteiger partial charge in [-0.3, -0.25) is 4.79 Å². The summed E-state index contributed by atoms with van der Waals surface area (Å²) in [6.07, 6.45) is 3.92. The number of nitrogens with zero attached hydrogens (tertiary/aromatic N) is 3. The average Bonchev–Trinajstić information content (AvgIpc) is 3.46. The Kier molecular flexibility index (Phi) is 6.96. The third kappa shape index (κ3) is 6.11. The van der Waals surface area contributed by atoms with Crippen molar-refractivity contribution in [3.8, 4) is 0 Å². The van der Waals surface area contributed by atoms with Gasteiger partial charge in [-0.25, -0.2) is 4.79 Å². The summed E-state index contributed by atoms with van der Waals surface area (Å²) in [5.41, 5.74) is 2.14. The zero-order valence-corrected chi connectivity index (χ0v) is 17.7. The molecular formula is C23H32N4O2. The SMILES string of the molecule is CC(C)CN(Cc1cccn1C)C(=O)CN(C(=O)NCc1ccccc1)C1CC1. The van der Waals surface area contributed by atoms with Crippen LogP contribution in [0.25, 0.3) is 0 Å². The summed E-state index contributed by atoms with van der Waals surface area (Å²) in [4.78, 5) is 29.5. The van der Waals surface area contributed by atoms with E-state index in [0.29, 0.717) is 25.6 Å². The second-order valence-electron chi connectivity index (χ2n) is 8.28. The summed E-state index contributed by atoms with van der Waals surface area (Å²) in [6.45, 7) is 6.05. The smallest absolute Gasteiger partial charge is 0.318 e. The highest BCUT2D eigenvalue weighted by Gasteiger charge is 2.35. The van der Waals surface area contributed by atoms with Crippen molar-refractivity contribution in [1.29, 1.82) is 0 Å². The predicted octanol–water partition coefficient (Wildman–Crippen LogP) is 3.38. The lowest BCUT2D eigenvalue weighted by Crippen LogP contribution is -2.48. The third-order valence-corrected chi connectivity index (χ3v) is 5.18. The van der Waals surface area contributed by atoms with E-state index in [1.807, 2.05) is 65.2 Å². The fraction of sp³-hybridized carbons (Fsp3) is 0.478. The predicted molar refractivity (Wildman–Crippen MR) is 114 cm³/mol. The Labute approximate surface area is 173 Å². The van der Waals surface area contributed by atoms with Crippen molar-refractivity contribution in [3.63, 3.8) is 0 Å². The van der Waals surface area contributed by atoms with Crippen LogP contribution in [0.2, 0.25) is 0 Å². The number of hydrogen-bond acceptors (Lipinski definition) is 2. The van der Waals surface area contributed by atoms with Crippen molar-refractivity contribution < 1.29 is 9.59 Å². The van der Waals surface area contributed by atoms with Crippen molar-refractivity contribution in [2.75, 3.05) is 13.1 Å². The lowest BCUT2D eigenvalue weighted by Gasteiger charge is -2.29. The van der Waals surface area contributed by atoms with E-state index < -0.39 is 0 Å². The number of carbonyl (C=O) groups is 2. The van der Waals surface area contributed by atoms with E-state index in [2.05, 4.69) is 19.2 Å². The summed E-state index contributed by atoms with van der Waals surface area (Å²) in [5.74, 6) is 0.363. The highest BCUT2D eigenvalue weighted by atomic mass is 16.2. The van der Waals surface area contributed by atoms with Gasteiger partial charge in [0.05, 0.1) is 6.54 Å². The van der Waals surface area contributed by atoms with Gasteiger partial charge in [0.25, 0.3) is 0 Å². The number of nitrogens with one attached hydrogen (secondary N) is 1. The lowest BCUT2D eigenvalue weighted by molar-refractivity contribution is -0.133. The minimum absolute atomic E-state index is 0.00154. The minimum Gasteiger partial charge on any atom is -0.353 e. The van der Waals surface area contributed by atoms with Gasteiger partial charge in [-0.1, -0.05) is 44.2 Å². The quantitative estimate of drug-likeness (QED) is 0.706. The minimum atomic E-state index is -0.159. The monoisotopic (exact) mass is 396 g/mol. The van der Waals surface area contributed by atoms with Crippen LogP contribution in [0.3, 0.4) is 0 Å². The molecule has 3 amide bonds. The Morgan fingerprint density at radius 2 is 1.86 bits per heavy atom. The van der Waals surface area contributed by atoms with Crippen LogP contribution in [0.4, 0.5) is 4.79 Å². The van der Waals surface area contributed by atoms with Crippen molar-refractivity contribution >= 4 is 11.9 Å². The molecule has 1 aromatic heterocycles. The molecule has 0 aliphatic heterocycles. The highest BCUT2D eigenvalue weighted by molar-refractivity contribution is 5.84. The van der Waals surface area contributed by atoms with E-state index in [9.17, 15) is 9.59 Å². The van der Waals surface area contributed by atoms with E-state index in [4.69, 9.17) is 0 Å². The zero-order valence-electron chi connectivity index (χ0n) is 17.7. The zero-order chi connectivity index (χ0) is 20.8. The largest absolute Gasteiger partial charge is 0.353 e. The maximum atomic E-state index is 13.1. The fourth-order valence-electron chi connectivity index (χ4n) is 3.43. The van der Waals surface area contributed by atoms with Crippen LogP contribution in [0, 0.1) is 5.92 Å². The molecule has 0 spiro atoms. The maximum absolute atomic E-state index is 13.1.